The summed E-state index contributed by atoms with van der Waals surface area (Å²) in [6.45, 7) is 9.59. The Morgan fingerprint density at radius 2 is 2.05 bits per heavy atom. The van der Waals surface area contributed by atoms with Crippen LogP contribution < -0.4 is 0 Å². The van der Waals surface area contributed by atoms with E-state index in [4.69, 9.17) is 16.7 Å². The van der Waals surface area contributed by atoms with Gasteiger partial charge in [0.1, 0.15) is 0 Å². The predicted molar refractivity (Wildman–Crippen MR) is 90.0 cm³/mol. The summed E-state index contributed by atoms with van der Waals surface area (Å²) in [7, 11) is 0. The Bertz CT molecular complexity index is 624. The second kappa shape index (κ2) is 7.77. The van der Waals surface area contributed by atoms with Crippen molar-refractivity contribution < 1.29 is 5.11 Å². The third kappa shape index (κ3) is 4.09. The van der Waals surface area contributed by atoms with Gasteiger partial charge >= 0.3 is 0 Å². The Morgan fingerprint density at radius 3 is 2.68 bits per heavy atom. The molecule has 5 heteroatoms. The van der Waals surface area contributed by atoms with Gasteiger partial charge in [-0.15, -0.1) is 0 Å². The molecule has 0 bridgehead atoms. The van der Waals surface area contributed by atoms with Crippen LogP contribution in [0.4, 0.5) is 0 Å². The zero-order valence-electron chi connectivity index (χ0n) is 13.5. The van der Waals surface area contributed by atoms with E-state index in [1.807, 2.05) is 29.8 Å². The molecule has 2 aromatic rings. The van der Waals surface area contributed by atoms with E-state index in [1.165, 1.54) is 11.1 Å². The van der Waals surface area contributed by atoms with Crippen molar-refractivity contribution in [3.63, 3.8) is 0 Å². The molecule has 0 radical (unpaired) electrons. The van der Waals surface area contributed by atoms with Gasteiger partial charge in [-0.2, -0.15) is 5.10 Å². The highest BCUT2D eigenvalue weighted by Crippen LogP contribution is 2.18. The monoisotopic (exact) mass is 321 g/mol. The van der Waals surface area contributed by atoms with Crippen LogP contribution in [0.2, 0.25) is 5.02 Å². The zero-order valence-corrected chi connectivity index (χ0v) is 14.3. The van der Waals surface area contributed by atoms with Gasteiger partial charge in [-0.3, -0.25) is 9.58 Å². The van der Waals surface area contributed by atoms with Crippen molar-refractivity contribution in [2.45, 2.75) is 40.4 Å². The lowest BCUT2D eigenvalue weighted by Gasteiger charge is -2.21. The molecule has 0 saturated heterocycles. The van der Waals surface area contributed by atoms with E-state index in [0.717, 1.165) is 36.0 Å². The van der Waals surface area contributed by atoms with Gasteiger partial charge < -0.3 is 5.11 Å². The largest absolute Gasteiger partial charge is 0.394 e. The molecular formula is C17H24ClN3O. The minimum Gasteiger partial charge on any atom is -0.394 e. The summed E-state index contributed by atoms with van der Waals surface area (Å²) in [6.07, 6.45) is 0. The molecule has 0 aliphatic carbocycles. The molecular weight excluding hydrogens is 298 g/mol. The number of rotatable bonds is 7. The molecule has 0 aliphatic rings. The summed E-state index contributed by atoms with van der Waals surface area (Å²) in [5.74, 6) is 0. The van der Waals surface area contributed by atoms with Crippen LogP contribution in [0.5, 0.6) is 0 Å². The summed E-state index contributed by atoms with van der Waals surface area (Å²) in [4.78, 5) is 2.37. The maximum absolute atomic E-state index is 9.11. The van der Waals surface area contributed by atoms with E-state index < -0.39 is 0 Å². The standard InChI is InChI=1S/C17H24ClN3O/c1-4-20(11-15-6-5-7-16(18)10-15)12-17-13(2)19-21(8-9-22)14(17)3/h5-7,10,22H,4,8-9,11-12H2,1-3H3. The number of aliphatic hydroxyl groups excluding tert-OH is 1. The number of hydrogen-bond donors (Lipinski definition) is 1. The van der Waals surface area contributed by atoms with E-state index in [0.29, 0.717) is 6.54 Å². The van der Waals surface area contributed by atoms with Gasteiger partial charge in [-0.05, 0) is 38.1 Å². The van der Waals surface area contributed by atoms with Gasteiger partial charge in [0.25, 0.3) is 0 Å². The van der Waals surface area contributed by atoms with Crippen molar-refractivity contribution >= 4 is 11.6 Å². The van der Waals surface area contributed by atoms with E-state index in [1.54, 1.807) is 0 Å². The first kappa shape index (κ1) is 17.0. The molecule has 1 aromatic heterocycles. The van der Waals surface area contributed by atoms with Crippen molar-refractivity contribution in [1.82, 2.24) is 14.7 Å². The molecule has 120 valence electrons. The van der Waals surface area contributed by atoms with Gasteiger partial charge in [-0.25, -0.2) is 0 Å². The van der Waals surface area contributed by atoms with Crippen molar-refractivity contribution in [3.8, 4) is 0 Å². The van der Waals surface area contributed by atoms with Crippen LogP contribution in [0.3, 0.4) is 0 Å². The van der Waals surface area contributed by atoms with Crippen LogP contribution in [-0.2, 0) is 19.6 Å². The van der Waals surface area contributed by atoms with E-state index >= 15 is 0 Å². The lowest BCUT2D eigenvalue weighted by molar-refractivity contribution is 0.265. The molecule has 22 heavy (non-hydrogen) atoms. The van der Waals surface area contributed by atoms with Crippen LogP contribution in [0.15, 0.2) is 24.3 Å². The fourth-order valence-electron chi connectivity index (χ4n) is 2.67. The Labute approximate surface area is 137 Å². The van der Waals surface area contributed by atoms with E-state index in [-0.39, 0.29) is 6.61 Å². The van der Waals surface area contributed by atoms with Crippen LogP contribution in [0, 0.1) is 13.8 Å². The molecule has 0 spiro atoms. The minimum absolute atomic E-state index is 0.113. The molecule has 1 N–H and O–H groups in total. The summed E-state index contributed by atoms with van der Waals surface area (Å²) >= 11 is 6.06. The quantitative estimate of drug-likeness (QED) is 0.851. The first-order valence-corrected chi connectivity index (χ1v) is 8.03. The third-order valence-corrected chi connectivity index (χ3v) is 4.20. The fourth-order valence-corrected chi connectivity index (χ4v) is 2.88. The third-order valence-electron chi connectivity index (χ3n) is 3.97. The predicted octanol–water partition coefficient (Wildman–Crippen LogP) is 3.17. The van der Waals surface area contributed by atoms with Gasteiger partial charge in [0.15, 0.2) is 0 Å². The van der Waals surface area contributed by atoms with Gasteiger partial charge in [-0.1, -0.05) is 30.7 Å². The van der Waals surface area contributed by atoms with Gasteiger partial charge in [0.05, 0.1) is 18.8 Å². The Hall–Kier alpha value is -1.36. The lowest BCUT2D eigenvalue weighted by atomic mass is 10.1. The van der Waals surface area contributed by atoms with Crippen LogP contribution in [0.25, 0.3) is 0 Å². The normalized spacial score (nSPS) is 11.4. The molecule has 1 heterocycles. The zero-order chi connectivity index (χ0) is 16.1. The lowest BCUT2D eigenvalue weighted by Crippen LogP contribution is -2.23. The molecule has 0 fully saturated rings. The number of halogens is 1. The highest BCUT2D eigenvalue weighted by Gasteiger charge is 2.14. The van der Waals surface area contributed by atoms with Crippen molar-refractivity contribution in [2.24, 2.45) is 0 Å². The number of aryl methyl sites for hydroxylation is 1. The summed E-state index contributed by atoms with van der Waals surface area (Å²) < 4.78 is 1.89. The van der Waals surface area contributed by atoms with Gasteiger partial charge in [0.2, 0.25) is 0 Å². The maximum Gasteiger partial charge on any atom is 0.0644 e. The topological polar surface area (TPSA) is 41.3 Å². The number of aromatic nitrogens is 2. The molecule has 2 rings (SSSR count). The first-order valence-electron chi connectivity index (χ1n) is 7.65. The smallest absolute Gasteiger partial charge is 0.0644 e. The Morgan fingerprint density at radius 1 is 1.27 bits per heavy atom. The first-order chi connectivity index (χ1) is 10.5. The van der Waals surface area contributed by atoms with Crippen LogP contribution in [-0.4, -0.2) is 32.9 Å². The fraction of sp³-hybridized carbons (Fsp3) is 0.471. The number of aliphatic hydroxyl groups is 1. The minimum atomic E-state index is 0.113. The highest BCUT2D eigenvalue weighted by atomic mass is 35.5. The average molecular weight is 322 g/mol. The second-order valence-electron chi connectivity index (χ2n) is 5.53. The molecule has 0 unspecified atom stereocenters. The van der Waals surface area contributed by atoms with Crippen molar-refractivity contribution in [3.05, 3.63) is 51.8 Å². The highest BCUT2D eigenvalue weighted by molar-refractivity contribution is 6.30. The summed E-state index contributed by atoms with van der Waals surface area (Å²) in [5.41, 5.74) is 4.64. The summed E-state index contributed by atoms with van der Waals surface area (Å²) in [6, 6.07) is 8.00. The van der Waals surface area contributed by atoms with E-state index in [9.17, 15) is 0 Å². The van der Waals surface area contributed by atoms with Crippen molar-refractivity contribution in [1.29, 1.82) is 0 Å². The molecule has 0 amide bonds. The van der Waals surface area contributed by atoms with E-state index in [2.05, 4.69) is 29.9 Å². The summed E-state index contributed by atoms with van der Waals surface area (Å²) in [5, 5.41) is 14.4. The molecule has 0 aliphatic heterocycles. The number of hydrogen-bond acceptors (Lipinski definition) is 3. The maximum atomic E-state index is 9.11. The van der Waals surface area contributed by atoms with Gasteiger partial charge in [0, 0.05) is 29.4 Å². The second-order valence-corrected chi connectivity index (χ2v) is 5.97. The Balaban J connectivity index is 2.13. The van der Waals surface area contributed by atoms with Crippen molar-refractivity contribution in [2.75, 3.05) is 13.2 Å². The molecule has 1 aromatic carbocycles. The Kier molecular flexibility index (Phi) is 6.00. The van der Waals surface area contributed by atoms with Crippen LogP contribution in [0.1, 0.15) is 29.4 Å². The average Bonchev–Trinajstić information content (AvgIpc) is 2.74. The molecule has 0 saturated carbocycles. The number of benzene rings is 1. The molecule has 4 nitrogen and oxygen atoms in total. The molecule has 0 atom stereocenters. The van der Waals surface area contributed by atoms with Crippen LogP contribution >= 0.6 is 11.6 Å². The number of nitrogens with zero attached hydrogens (tertiary/aromatic N) is 3. The SMILES string of the molecule is CCN(Cc1cccc(Cl)c1)Cc1c(C)nn(CCO)c1C.